The van der Waals surface area contributed by atoms with Crippen LogP contribution in [0.1, 0.15) is 53.5 Å². The van der Waals surface area contributed by atoms with Crippen LogP contribution in [-0.2, 0) is 13.0 Å². The van der Waals surface area contributed by atoms with Gasteiger partial charge in [-0.25, -0.2) is 4.98 Å². The lowest BCUT2D eigenvalue weighted by molar-refractivity contribution is 0.0951. The standard InChI is InChI=1S/C28H31N3O2/c1-4-20(2)22-15-13-21(14-16-22)19-31-25-11-7-6-10-24(25)30-27(31)17-18-29-28(32)23-9-5-8-12-26(23)33-3/h5-16,20H,4,17-19H2,1-3H3,(H,29,32). The number of nitrogens with zero attached hydrogens (tertiary/aromatic N) is 2. The van der Waals surface area contributed by atoms with Gasteiger partial charge >= 0.3 is 0 Å². The number of aromatic nitrogens is 2. The van der Waals surface area contributed by atoms with Crippen molar-refractivity contribution in [2.75, 3.05) is 13.7 Å². The van der Waals surface area contributed by atoms with E-state index in [1.165, 1.54) is 11.1 Å². The van der Waals surface area contributed by atoms with Crippen molar-refractivity contribution in [2.45, 2.75) is 39.2 Å². The normalized spacial score (nSPS) is 12.0. The first-order valence-corrected chi connectivity index (χ1v) is 11.5. The van der Waals surface area contributed by atoms with E-state index in [1.54, 1.807) is 19.2 Å². The Bertz CT molecular complexity index is 1230. The average Bonchev–Trinajstić information content (AvgIpc) is 3.21. The van der Waals surface area contributed by atoms with Gasteiger partial charge in [-0.05, 0) is 47.7 Å². The number of fused-ring (bicyclic) bond motifs is 1. The lowest BCUT2D eigenvalue weighted by atomic mass is 9.98. The van der Waals surface area contributed by atoms with Crippen LogP contribution < -0.4 is 10.1 Å². The zero-order valence-electron chi connectivity index (χ0n) is 19.5. The van der Waals surface area contributed by atoms with Crippen molar-refractivity contribution in [1.29, 1.82) is 0 Å². The molecule has 5 heteroatoms. The number of carbonyl (C=O) groups excluding carboxylic acids is 1. The van der Waals surface area contributed by atoms with Crippen LogP contribution in [0.3, 0.4) is 0 Å². The third-order valence-electron chi connectivity index (χ3n) is 6.22. The summed E-state index contributed by atoms with van der Waals surface area (Å²) in [6, 6.07) is 24.3. The summed E-state index contributed by atoms with van der Waals surface area (Å²) < 4.78 is 7.56. The Labute approximate surface area is 195 Å². The zero-order valence-corrected chi connectivity index (χ0v) is 19.5. The van der Waals surface area contributed by atoms with Crippen molar-refractivity contribution in [3.63, 3.8) is 0 Å². The van der Waals surface area contributed by atoms with E-state index >= 15 is 0 Å². The zero-order chi connectivity index (χ0) is 23.2. The number of rotatable bonds is 9. The molecule has 4 aromatic rings. The summed E-state index contributed by atoms with van der Waals surface area (Å²) in [6.07, 6.45) is 1.77. The fourth-order valence-electron chi connectivity index (χ4n) is 4.08. The minimum Gasteiger partial charge on any atom is -0.496 e. The maximum atomic E-state index is 12.7. The Morgan fingerprint density at radius 2 is 1.76 bits per heavy atom. The van der Waals surface area contributed by atoms with E-state index in [0.717, 1.165) is 29.8 Å². The van der Waals surface area contributed by atoms with Crippen LogP contribution in [0.15, 0.2) is 72.8 Å². The Morgan fingerprint density at radius 3 is 2.52 bits per heavy atom. The maximum absolute atomic E-state index is 12.7. The maximum Gasteiger partial charge on any atom is 0.255 e. The molecule has 0 bridgehead atoms. The fraction of sp³-hybridized carbons (Fsp3) is 0.286. The molecule has 1 N–H and O–H groups in total. The van der Waals surface area contributed by atoms with Crippen LogP contribution in [0.25, 0.3) is 11.0 Å². The average molecular weight is 442 g/mol. The number of hydrogen-bond donors (Lipinski definition) is 1. The molecule has 1 heterocycles. The molecule has 5 nitrogen and oxygen atoms in total. The van der Waals surface area contributed by atoms with Crippen molar-refractivity contribution in [2.24, 2.45) is 0 Å². The van der Waals surface area contributed by atoms with E-state index in [0.29, 0.717) is 30.2 Å². The summed E-state index contributed by atoms with van der Waals surface area (Å²) in [5.41, 5.74) is 5.23. The lowest BCUT2D eigenvalue weighted by Crippen LogP contribution is -2.27. The molecule has 33 heavy (non-hydrogen) atoms. The smallest absolute Gasteiger partial charge is 0.255 e. The summed E-state index contributed by atoms with van der Waals surface area (Å²) in [5, 5.41) is 3.01. The fourth-order valence-corrected chi connectivity index (χ4v) is 4.08. The Morgan fingerprint density at radius 1 is 1.03 bits per heavy atom. The highest BCUT2D eigenvalue weighted by molar-refractivity contribution is 5.96. The SMILES string of the molecule is CCC(C)c1ccc(Cn2c(CCNC(=O)c3ccccc3OC)nc3ccccc32)cc1. The number of amides is 1. The highest BCUT2D eigenvalue weighted by Crippen LogP contribution is 2.22. The highest BCUT2D eigenvalue weighted by atomic mass is 16.5. The van der Waals surface area contributed by atoms with Crippen molar-refractivity contribution in [3.8, 4) is 5.75 Å². The first-order valence-electron chi connectivity index (χ1n) is 11.5. The third kappa shape index (κ3) is 5.08. The molecule has 0 fully saturated rings. The van der Waals surface area contributed by atoms with Gasteiger partial charge < -0.3 is 14.6 Å². The molecule has 1 amide bonds. The third-order valence-corrected chi connectivity index (χ3v) is 6.22. The molecule has 0 saturated heterocycles. The minimum absolute atomic E-state index is 0.143. The van der Waals surface area contributed by atoms with Gasteiger partial charge in [-0.2, -0.15) is 0 Å². The minimum atomic E-state index is -0.143. The van der Waals surface area contributed by atoms with Gasteiger partial charge in [-0.1, -0.05) is 62.4 Å². The van der Waals surface area contributed by atoms with Crippen molar-refractivity contribution in [1.82, 2.24) is 14.9 Å². The summed E-state index contributed by atoms with van der Waals surface area (Å²) in [4.78, 5) is 17.5. The summed E-state index contributed by atoms with van der Waals surface area (Å²) >= 11 is 0. The number of benzene rings is 3. The molecule has 1 atom stereocenters. The Hall–Kier alpha value is -3.60. The van der Waals surface area contributed by atoms with E-state index in [4.69, 9.17) is 9.72 Å². The number of methoxy groups -OCH3 is 1. The van der Waals surface area contributed by atoms with Crippen molar-refractivity contribution < 1.29 is 9.53 Å². The molecular formula is C28H31N3O2. The second-order valence-corrected chi connectivity index (χ2v) is 8.36. The first kappa shape index (κ1) is 22.6. The van der Waals surface area contributed by atoms with E-state index in [9.17, 15) is 4.79 Å². The van der Waals surface area contributed by atoms with Crippen LogP contribution in [0, 0.1) is 0 Å². The lowest BCUT2D eigenvalue weighted by Gasteiger charge is -2.13. The quantitative estimate of drug-likeness (QED) is 0.369. The number of para-hydroxylation sites is 3. The number of nitrogens with one attached hydrogen (secondary N) is 1. The van der Waals surface area contributed by atoms with Crippen molar-refractivity contribution >= 4 is 16.9 Å². The summed E-state index contributed by atoms with van der Waals surface area (Å²) in [5.74, 6) is 1.96. The number of carbonyl (C=O) groups is 1. The van der Waals surface area contributed by atoms with Crippen LogP contribution in [0.2, 0.25) is 0 Å². The number of hydrogen-bond acceptors (Lipinski definition) is 3. The second-order valence-electron chi connectivity index (χ2n) is 8.36. The van der Waals surface area contributed by atoms with Gasteiger partial charge in [0.1, 0.15) is 11.6 Å². The molecule has 3 aromatic carbocycles. The molecule has 0 aliphatic carbocycles. The largest absolute Gasteiger partial charge is 0.496 e. The van der Waals surface area contributed by atoms with E-state index in [-0.39, 0.29) is 5.91 Å². The molecule has 0 radical (unpaired) electrons. The van der Waals surface area contributed by atoms with Crippen molar-refractivity contribution in [3.05, 3.63) is 95.3 Å². The first-order chi connectivity index (χ1) is 16.1. The topological polar surface area (TPSA) is 56.2 Å². The van der Waals surface area contributed by atoms with Gasteiger partial charge in [0, 0.05) is 19.5 Å². The van der Waals surface area contributed by atoms with Gasteiger partial charge in [-0.3, -0.25) is 4.79 Å². The molecule has 1 unspecified atom stereocenters. The number of ether oxygens (including phenoxy) is 1. The summed E-state index contributed by atoms with van der Waals surface area (Å²) in [6.45, 7) is 5.72. The highest BCUT2D eigenvalue weighted by Gasteiger charge is 2.14. The molecular weight excluding hydrogens is 410 g/mol. The van der Waals surface area contributed by atoms with Gasteiger partial charge in [0.2, 0.25) is 0 Å². The predicted octanol–water partition coefficient (Wildman–Crippen LogP) is 5.58. The van der Waals surface area contributed by atoms with Crippen LogP contribution in [0.4, 0.5) is 0 Å². The Balaban J connectivity index is 1.51. The van der Waals surface area contributed by atoms with Crippen LogP contribution in [-0.4, -0.2) is 29.1 Å². The van der Waals surface area contributed by atoms with Gasteiger partial charge in [-0.15, -0.1) is 0 Å². The van der Waals surface area contributed by atoms with Gasteiger partial charge in [0.05, 0.1) is 23.7 Å². The molecule has 0 aliphatic heterocycles. The van der Waals surface area contributed by atoms with Gasteiger partial charge in [0.15, 0.2) is 0 Å². The second kappa shape index (κ2) is 10.3. The molecule has 4 rings (SSSR count). The molecule has 1 aromatic heterocycles. The monoisotopic (exact) mass is 441 g/mol. The van der Waals surface area contributed by atoms with E-state index in [1.807, 2.05) is 30.3 Å². The summed E-state index contributed by atoms with van der Waals surface area (Å²) in [7, 11) is 1.57. The van der Waals surface area contributed by atoms with E-state index in [2.05, 4.69) is 54.1 Å². The van der Waals surface area contributed by atoms with Crippen LogP contribution in [0.5, 0.6) is 5.75 Å². The van der Waals surface area contributed by atoms with Crippen LogP contribution >= 0.6 is 0 Å². The predicted molar refractivity (Wildman–Crippen MR) is 133 cm³/mol. The number of imidazole rings is 1. The molecule has 170 valence electrons. The molecule has 0 spiro atoms. The molecule has 0 aliphatic rings. The Kier molecular flexibility index (Phi) is 7.08. The van der Waals surface area contributed by atoms with E-state index < -0.39 is 0 Å². The molecule has 0 saturated carbocycles. The van der Waals surface area contributed by atoms with Gasteiger partial charge in [0.25, 0.3) is 5.91 Å².